The van der Waals surface area contributed by atoms with E-state index >= 15 is 0 Å². The lowest BCUT2D eigenvalue weighted by atomic mass is 10.1. The molecule has 1 aromatic rings. The van der Waals surface area contributed by atoms with Crippen molar-refractivity contribution in [3.05, 3.63) is 35.4 Å². The first-order valence-electron chi connectivity index (χ1n) is 10.0. The second-order valence-corrected chi connectivity index (χ2v) is 9.75. The Balaban J connectivity index is 1.70. The molecule has 2 atom stereocenters. The molecule has 2 heterocycles. The summed E-state index contributed by atoms with van der Waals surface area (Å²) in [5.41, 5.74) is 0.549. The average molecular weight is 452 g/mol. The van der Waals surface area contributed by atoms with Gasteiger partial charge in [0.1, 0.15) is 0 Å². The number of urea groups is 1. The fraction of sp³-hybridized carbons (Fsp3) is 0.500. The highest BCUT2D eigenvalue weighted by atomic mass is 32.2. The summed E-state index contributed by atoms with van der Waals surface area (Å²) in [6.45, 7) is 3.28. The minimum Gasteiger partial charge on any atom is -0.449 e. The zero-order chi connectivity index (χ0) is 22.8. The first-order chi connectivity index (χ1) is 14.6. The van der Waals surface area contributed by atoms with Gasteiger partial charge >= 0.3 is 12.0 Å². The number of amides is 4. The summed E-state index contributed by atoms with van der Waals surface area (Å²) >= 11 is 0. The van der Waals surface area contributed by atoms with Crippen LogP contribution in [-0.4, -0.2) is 78.8 Å². The van der Waals surface area contributed by atoms with Crippen LogP contribution in [0.5, 0.6) is 0 Å². The summed E-state index contributed by atoms with van der Waals surface area (Å²) in [7, 11) is -3.17. The fourth-order valence-electron chi connectivity index (χ4n) is 3.77. The van der Waals surface area contributed by atoms with Gasteiger partial charge < -0.3 is 15.0 Å². The molecule has 2 aliphatic rings. The lowest BCUT2D eigenvalue weighted by Crippen LogP contribution is -2.46. The molecule has 10 nitrogen and oxygen atoms in total. The van der Waals surface area contributed by atoms with Gasteiger partial charge in [-0.3, -0.25) is 14.5 Å². The largest absolute Gasteiger partial charge is 0.449 e. The second-order valence-electron chi connectivity index (χ2n) is 7.52. The zero-order valence-electron chi connectivity index (χ0n) is 17.4. The van der Waals surface area contributed by atoms with Crippen LogP contribution < -0.4 is 5.32 Å². The van der Waals surface area contributed by atoms with Gasteiger partial charge in [0.15, 0.2) is 15.9 Å². The third kappa shape index (κ3) is 5.04. The number of ether oxygens (including phenoxy) is 1. The number of benzene rings is 1. The van der Waals surface area contributed by atoms with E-state index in [1.54, 1.807) is 25.1 Å². The summed E-state index contributed by atoms with van der Waals surface area (Å²) < 4.78 is 28.9. The normalized spacial score (nSPS) is 21.0. The number of rotatable bonds is 7. The molecular weight excluding hydrogens is 426 g/mol. The van der Waals surface area contributed by atoms with Gasteiger partial charge in [0.25, 0.3) is 5.91 Å². The van der Waals surface area contributed by atoms with Gasteiger partial charge in [0.05, 0.1) is 30.2 Å². The van der Waals surface area contributed by atoms with E-state index in [2.05, 4.69) is 5.32 Å². The van der Waals surface area contributed by atoms with Crippen LogP contribution in [-0.2, 0) is 30.7 Å². The Morgan fingerprint density at radius 1 is 1.29 bits per heavy atom. The Morgan fingerprint density at radius 2 is 2.00 bits per heavy atom. The van der Waals surface area contributed by atoms with Crippen LogP contribution >= 0.6 is 0 Å². The standard InChI is InChI=1S/C20H25N3O7S/c1-3-22(15-8-9-31(28,29)12-15)18(25)13(2)30-19(26)16-7-5-4-6-14(16)11-23-17(24)10-21-20(23)27/h4-7,13,15H,3,8-12H2,1-2H3,(H,21,27)/t13-,15-/m1/s1. The zero-order valence-corrected chi connectivity index (χ0v) is 18.2. The summed E-state index contributed by atoms with van der Waals surface area (Å²) in [5.74, 6) is -1.70. The first-order valence-corrected chi connectivity index (χ1v) is 11.8. The summed E-state index contributed by atoms with van der Waals surface area (Å²) in [4.78, 5) is 51.7. The summed E-state index contributed by atoms with van der Waals surface area (Å²) in [5, 5.41) is 2.42. The molecule has 2 saturated heterocycles. The summed E-state index contributed by atoms with van der Waals surface area (Å²) in [6, 6.07) is 5.40. The van der Waals surface area contributed by atoms with E-state index in [0.29, 0.717) is 18.5 Å². The van der Waals surface area contributed by atoms with E-state index in [1.807, 2.05) is 0 Å². The number of carbonyl (C=O) groups is 4. The summed E-state index contributed by atoms with van der Waals surface area (Å²) in [6.07, 6.45) is -0.766. The first kappa shape index (κ1) is 22.7. The monoisotopic (exact) mass is 451 g/mol. The number of likely N-dealkylation sites (N-methyl/N-ethyl adjacent to an activating group) is 1. The van der Waals surface area contributed by atoms with E-state index in [0.717, 1.165) is 4.90 Å². The molecule has 0 radical (unpaired) electrons. The third-order valence-corrected chi connectivity index (χ3v) is 7.16. The van der Waals surface area contributed by atoms with Crippen molar-refractivity contribution < 1.29 is 32.3 Å². The Bertz CT molecular complexity index is 992. The van der Waals surface area contributed by atoms with Crippen molar-refractivity contribution in [1.82, 2.24) is 15.1 Å². The van der Waals surface area contributed by atoms with E-state index < -0.39 is 45.8 Å². The van der Waals surface area contributed by atoms with Crippen molar-refractivity contribution in [2.24, 2.45) is 0 Å². The van der Waals surface area contributed by atoms with Crippen LogP contribution in [0.25, 0.3) is 0 Å². The smallest absolute Gasteiger partial charge is 0.339 e. The predicted octanol–water partition coefficient (Wildman–Crippen LogP) is 0.319. The van der Waals surface area contributed by atoms with Gasteiger partial charge in [0, 0.05) is 12.6 Å². The molecule has 31 heavy (non-hydrogen) atoms. The van der Waals surface area contributed by atoms with Crippen molar-refractivity contribution in [2.75, 3.05) is 24.6 Å². The third-order valence-electron chi connectivity index (χ3n) is 5.41. The highest BCUT2D eigenvalue weighted by Gasteiger charge is 2.36. The number of carbonyl (C=O) groups excluding carboxylic acids is 4. The number of nitrogens with zero attached hydrogens (tertiary/aromatic N) is 2. The molecule has 0 aliphatic carbocycles. The molecule has 2 fully saturated rings. The Kier molecular flexibility index (Phi) is 6.63. The quantitative estimate of drug-likeness (QED) is 0.467. The van der Waals surface area contributed by atoms with Crippen LogP contribution in [0.4, 0.5) is 4.79 Å². The number of sulfone groups is 1. The number of nitrogens with one attached hydrogen (secondary N) is 1. The second kappa shape index (κ2) is 9.04. The molecule has 11 heteroatoms. The lowest BCUT2D eigenvalue weighted by molar-refractivity contribution is -0.141. The van der Waals surface area contributed by atoms with E-state index in [9.17, 15) is 27.6 Å². The van der Waals surface area contributed by atoms with Crippen LogP contribution in [0.2, 0.25) is 0 Å². The van der Waals surface area contributed by atoms with Gasteiger partial charge in [-0.1, -0.05) is 18.2 Å². The average Bonchev–Trinajstić information content (AvgIpc) is 3.24. The van der Waals surface area contributed by atoms with Crippen molar-refractivity contribution in [3.63, 3.8) is 0 Å². The maximum Gasteiger partial charge on any atom is 0.339 e. The van der Waals surface area contributed by atoms with Gasteiger partial charge in [-0.15, -0.1) is 0 Å². The predicted molar refractivity (Wildman–Crippen MR) is 110 cm³/mol. The Morgan fingerprint density at radius 3 is 2.58 bits per heavy atom. The molecule has 0 bridgehead atoms. The fourth-order valence-corrected chi connectivity index (χ4v) is 5.50. The number of esters is 1. The van der Waals surface area contributed by atoms with Crippen LogP contribution in [0.15, 0.2) is 24.3 Å². The molecule has 168 valence electrons. The highest BCUT2D eigenvalue weighted by molar-refractivity contribution is 7.91. The molecule has 0 saturated carbocycles. The molecule has 3 rings (SSSR count). The van der Waals surface area contributed by atoms with Gasteiger partial charge in [-0.2, -0.15) is 0 Å². The van der Waals surface area contributed by atoms with Crippen molar-refractivity contribution >= 4 is 33.7 Å². The van der Waals surface area contributed by atoms with Crippen LogP contribution in [0.3, 0.4) is 0 Å². The maximum atomic E-state index is 12.8. The van der Waals surface area contributed by atoms with Crippen LogP contribution in [0, 0.1) is 0 Å². The highest BCUT2D eigenvalue weighted by Crippen LogP contribution is 2.20. The van der Waals surface area contributed by atoms with Gasteiger partial charge in [-0.05, 0) is 31.9 Å². The van der Waals surface area contributed by atoms with E-state index in [-0.39, 0.29) is 30.2 Å². The van der Waals surface area contributed by atoms with Crippen molar-refractivity contribution in [2.45, 2.75) is 39.0 Å². The SMILES string of the molecule is CCN(C(=O)[C@@H](C)OC(=O)c1ccccc1CN1C(=O)CNC1=O)[C@@H]1CCS(=O)(=O)C1. The molecule has 0 unspecified atom stereocenters. The minimum atomic E-state index is -3.17. The van der Waals surface area contributed by atoms with E-state index in [1.165, 1.54) is 17.9 Å². The lowest BCUT2D eigenvalue weighted by Gasteiger charge is -2.29. The Labute approximate surface area is 180 Å². The number of imide groups is 1. The molecule has 2 aliphatic heterocycles. The van der Waals surface area contributed by atoms with E-state index in [4.69, 9.17) is 4.74 Å². The van der Waals surface area contributed by atoms with Crippen molar-refractivity contribution in [3.8, 4) is 0 Å². The topological polar surface area (TPSA) is 130 Å². The molecule has 0 spiro atoms. The molecule has 1 aromatic carbocycles. The molecular formula is C20H25N3O7S. The number of hydrogen-bond donors (Lipinski definition) is 1. The molecule has 1 N–H and O–H groups in total. The molecule has 0 aromatic heterocycles. The molecule has 4 amide bonds. The van der Waals surface area contributed by atoms with Gasteiger partial charge in [-0.25, -0.2) is 18.0 Å². The number of hydrogen-bond acceptors (Lipinski definition) is 7. The maximum absolute atomic E-state index is 12.8. The van der Waals surface area contributed by atoms with Crippen molar-refractivity contribution in [1.29, 1.82) is 0 Å². The van der Waals surface area contributed by atoms with Gasteiger partial charge in [0.2, 0.25) is 5.91 Å². The Hall–Kier alpha value is -2.95. The van der Waals surface area contributed by atoms with Crippen LogP contribution in [0.1, 0.15) is 36.2 Å². The minimum absolute atomic E-state index is 0.0335.